The highest BCUT2D eigenvalue weighted by atomic mass is 16.4. The van der Waals surface area contributed by atoms with Crippen LogP contribution in [0, 0.1) is 12.3 Å². The van der Waals surface area contributed by atoms with Crippen molar-refractivity contribution in [3.05, 3.63) is 34.8 Å². The minimum absolute atomic E-state index is 0.246. The van der Waals surface area contributed by atoms with Crippen molar-refractivity contribution in [2.24, 2.45) is 0 Å². The number of hydrogen-bond donors (Lipinski definition) is 0. The van der Waals surface area contributed by atoms with E-state index in [1.165, 1.54) is 4.57 Å². The van der Waals surface area contributed by atoms with Gasteiger partial charge >= 0.3 is 5.76 Å². The van der Waals surface area contributed by atoms with Crippen molar-refractivity contribution in [3.8, 4) is 12.3 Å². The Balaban J connectivity index is 2.80. The van der Waals surface area contributed by atoms with E-state index in [2.05, 4.69) is 5.92 Å². The first-order chi connectivity index (χ1) is 6.33. The number of fused-ring (bicyclic) bond motifs is 1. The Morgan fingerprint density at radius 3 is 3.00 bits per heavy atom. The van der Waals surface area contributed by atoms with Crippen LogP contribution in [0.15, 0.2) is 33.5 Å². The van der Waals surface area contributed by atoms with Gasteiger partial charge in [-0.05, 0) is 12.1 Å². The summed E-state index contributed by atoms with van der Waals surface area (Å²) in [4.78, 5) is 11.2. The van der Waals surface area contributed by atoms with Crippen LogP contribution in [0.4, 0.5) is 0 Å². The fraction of sp³-hybridized carbons (Fsp3) is 0.100. The lowest BCUT2D eigenvalue weighted by Gasteiger charge is -1.92. The number of benzene rings is 1. The van der Waals surface area contributed by atoms with Gasteiger partial charge in [-0.25, -0.2) is 4.79 Å². The molecule has 0 aliphatic heterocycles. The van der Waals surface area contributed by atoms with Crippen molar-refractivity contribution in [2.45, 2.75) is 6.54 Å². The molecule has 64 valence electrons. The van der Waals surface area contributed by atoms with Crippen LogP contribution in [0.2, 0.25) is 0 Å². The third kappa shape index (κ3) is 1.13. The first-order valence-corrected chi connectivity index (χ1v) is 3.85. The minimum Gasteiger partial charge on any atom is -0.408 e. The van der Waals surface area contributed by atoms with E-state index in [1.54, 1.807) is 12.1 Å². The second-order valence-corrected chi connectivity index (χ2v) is 2.63. The molecule has 13 heavy (non-hydrogen) atoms. The molecule has 1 heterocycles. The van der Waals surface area contributed by atoms with Gasteiger partial charge in [-0.3, -0.25) is 4.57 Å². The minimum atomic E-state index is -0.404. The lowest BCUT2D eigenvalue weighted by molar-refractivity contribution is 0.521. The number of rotatable bonds is 1. The van der Waals surface area contributed by atoms with E-state index in [0.29, 0.717) is 5.58 Å². The first-order valence-electron chi connectivity index (χ1n) is 3.85. The smallest absolute Gasteiger partial charge is 0.408 e. The number of hydrogen-bond acceptors (Lipinski definition) is 2. The number of para-hydroxylation sites is 2. The Bertz CT molecular complexity index is 528. The number of oxazole rings is 1. The fourth-order valence-electron chi connectivity index (χ4n) is 1.25. The normalized spacial score (nSPS) is 10.1. The molecule has 0 aliphatic rings. The molecule has 0 bridgehead atoms. The molecule has 0 spiro atoms. The molecule has 3 nitrogen and oxygen atoms in total. The topological polar surface area (TPSA) is 35.1 Å². The van der Waals surface area contributed by atoms with E-state index in [9.17, 15) is 4.79 Å². The van der Waals surface area contributed by atoms with E-state index < -0.39 is 5.76 Å². The molecule has 1 aromatic carbocycles. The highest BCUT2D eigenvalue weighted by molar-refractivity contribution is 5.72. The van der Waals surface area contributed by atoms with Crippen LogP contribution in [0.1, 0.15) is 0 Å². The van der Waals surface area contributed by atoms with Crippen molar-refractivity contribution in [1.82, 2.24) is 4.57 Å². The van der Waals surface area contributed by atoms with Crippen LogP contribution in [0.3, 0.4) is 0 Å². The molecule has 0 fully saturated rings. The van der Waals surface area contributed by atoms with Crippen LogP contribution in [-0.2, 0) is 6.54 Å². The van der Waals surface area contributed by atoms with Gasteiger partial charge in [0.25, 0.3) is 0 Å². The van der Waals surface area contributed by atoms with E-state index in [4.69, 9.17) is 10.8 Å². The summed E-state index contributed by atoms with van der Waals surface area (Å²) >= 11 is 0. The summed E-state index contributed by atoms with van der Waals surface area (Å²) in [6, 6.07) is 7.19. The third-order valence-corrected chi connectivity index (χ3v) is 1.82. The molecule has 0 radical (unpaired) electrons. The monoisotopic (exact) mass is 173 g/mol. The zero-order valence-corrected chi connectivity index (χ0v) is 6.86. The molecule has 3 heteroatoms. The second kappa shape index (κ2) is 2.83. The Morgan fingerprint density at radius 1 is 1.46 bits per heavy atom. The molecule has 0 amide bonds. The van der Waals surface area contributed by atoms with Crippen molar-refractivity contribution >= 4 is 11.1 Å². The molecule has 2 rings (SSSR count). The van der Waals surface area contributed by atoms with Crippen LogP contribution >= 0.6 is 0 Å². The van der Waals surface area contributed by atoms with Crippen molar-refractivity contribution in [1.29, 1.82) is 0 Å². The van der Waals surface area contributed by atoms with Gasteiger partial charge in [0, 0.05) is 0 Å². The summed E-state index contributed by atoms with van der Waals surface area (Å²) in [5.41, 5.74) is 1.31. The van der Waals surface area contributed by atoms with Gasteiger partial charge in [-0.15, -0.1) is 6.42 Å². The molecule has 1 aromatic heterocycles. The fourth-order valence-corrected chi connectivity index (χ4v) is 1.25. The maximum Gasteiger partial charge on any atom is 0.420 e. The Morgan fingerprint density at radius 2 is 2.23 bits per heavy atom. The van der Waals surface area contributed by atoms with Crippen LogP contribution in [-0.4, -0.2) is 4.57 Å². The number of nitrogens with zero attached hydrogens (tertiary/aromatic N) is 1. The molecule has 0 atom stereocenters. The van der Waals surface area contributed by atoms with Gasteiger partial charge in [0.2, 0.25) is 0 Å². The van der Waals surface area contributed by atoms with E-state index >= 15 is 0 Å². The summed E-state index contributed by atoms with van der Waals surface area (Å²) < 4.78 is 6.39. The lowest BCUT2D eigenvalue weighted by Crippen LogP contribution is -2.12. The highest BCUT2D eigenvalue weighted by Crippen LogP contribution is 2.10. The molecule has 0 saturated heterocycles. The van der Waals surface area contributed by atoms with Crippen LogP contribution in [0.25, 0.3) is 11.1 Å². The predicted octanol–water partition coefficient (Wildman–Crippen LogP) is 1.23. The molecular formula is C10H7NO2. The summed E-state index contributed by atoms with van der Waals surface area (Å²) in [6.45, 7) is 0.246. The SMILES string of the molecule is C#CCn1c(=O)oc2ccccc21. The number of terminal acetylenes is 1. The van der Waals surface area contributed by atoms with Crippen LogP contribution in [0.5, 0.6) is 0 Å². The standard InChI is InChI=1S/C10H7NO2/c1-2-7-11-8-5-3-4-6-9(8)13-10(11)12/h1,3-6H,7H2. The predicted molar refractivity (Wildman–Crippen MR) is 49.3 cm³/mol. The summed E-state index contributed by atoms with van der Waals surface area (Å²) in [5, 5.41) is 0. The van der Waals surface area contributed by atoms with Crippen molar-refractivity contribution < 1.29 is 4.42 Å². The lowest BCUT2D eigenvalue weighted by atomic mass is 10.3. The maximum atomic E-state index is 11.2. The molecule has 0 saturated carbocycles. The molecule has 0 aliphatic carbocycles. The molecular weight excluding hydrogens is 166 g/mol. The Kier molecular flexibility index (Phi) is 1.67. The van der Waals surface area contributed by atoms with Gasteiger partial charge in [0.05, 0.1) is 12.1 Å². The zero-order chi connectivity index (χ0) is 9.26. The quantitative estimate of drug-likeness (QED) is 0.608. The second-order valence-electron chi connectivity index (χ2n) is 2.63. The van der Waals surface area contributed by atoms with Gasteiger partial charge in [-0.2, -0.15) is 0 Å². The third-order valence-electron chi connectivity index (χ3n) is 1.82. The Hall–Kier alpha value is -1.95. The molecule has 0 N–H and O–H groups in total. The Labute approximate surface area is 74.6 Å². The van der Waals surface area contributed by atoms with E-state index in [-0.39, 0.29) is 6.54 Å². The maximum absolute atomic E-state index is 11.2. The summed E-state index contributed by atoms with van der Waals surface area (Å²) in [5.74, 6) is 2.00. The summed E-state index contributed by atoms with van der Waals surface area (Å²) in [7, 11) is 0. The molecule has 0 unspecified atom stereocenters. The summed E-state index contributed by atoms with van der Waals surface area (Å²) in [6.07, 6.45) is 5.13. The van der Waals surface area contributed by atoms with Gasteiger partial charge in [0.1, 0.15) is 0 Å². The van der Waals surface area contributed by atoms with Crippen molar-refractivity contribution in [2.75, 3.05) is 0 Å². The average Bonchev–Trinajstić information content (AvgIpc) is 2.44. The van der Waals surface area contributed by atoms with E-state index in [0.717, 1.165) is 5.52 Å². The van der Waals surface area contributed by atoms with Crippen LogP contribution < -0.4 is 5.76 Å². The largest absolute Gasteiger partial charge is 0.420 e. The number of aromatic nitrogens is 1. The zero-order valence-electron chi connectivity index (χ0n) is 6.86. The molecule has 2 aromatic rings. The first kappa shape index (κ1) is 7.69. The van der Waals surface area contributed by atoms with Gasteiger partial charge < -0.3 is 4.42 Å². The highest BCUT2D eigenvalue weighted by Gasteiger charge is 2.05. The average molecular weight is 173 g/mol. The van der Waals surface area contributed by atoms with E-state index in [1.807, 2.05) is 12.1 Å². The van der Waals surface area contributed by atoms with Gasteiger partial charge in [0.15, 0.2) is 5.58 Å². The van der Waals surface area contributed by atoms with Gasteiger partial charge in [-0.1, -0.05) is 18.1 Å². The van der Waals surface area contributed by atoms with Crippen molar-refractivity contribution in [3.63, 3.8) is 0 Å².